The van der Waals surface area contributed by atoms with E-state index in [2.05, 4.69) is 32.6 Å². The molecule has 3 N–H and O–H groups in total. The summed E-state index contributed by atoms with van der Waals surface area (Å²) in [6.07, 6.45) is 5.97. The molecule has 1 saturated carbocycles. The van der Waals surface area contributed by atoms with Gasteiger partial charge in [-0.1, -0.05) is 18.8 Å². The number of hydrogen-bond acceptors (Lipinski definition) is 4. The van der Waals surface area contributed by atoms with Crippen molar-refractivity contribution in [3.63, 3.8) is 0 Å². The van der Waals surface area contributed by atoms with E-state index in [9.17, 15) is 15.3 Å². The zero-order valence-corrected chi connectivity index (χ0v) is 13.6. The van der Waals surface area contributed by atoms with Crippen molar-refractivity contribution in [1.82, 2.24) is 0 Å². The zero-order valence-electron chi connectivity index (χ0n) is 13.6. The van der Waals surface area contributed by atoms with Crippen LogP contribution >= 0.6 is 0 Å². The highest BCUT2D eigenvalue weighted by molar-refractivity contribution is 5.21. The molecule has 0 radical (unpaired) electrons. The number of hydrogen-bond donors (Lipinski definition) is 3. The standard InChI is InChI=1S/C17H30O4/c1-15(2,3)21-14-9-7-5-4-6-8-11-16(18)12-10-13-17(16,19)20/h18-20H,4-7,9-10,12-14H2,1-3H3/t16-/m0/s1. The van der Waals surface area contributed by atoms with E-state index in [1.165, 1.54) is 0 Å². The second-order valence-corrected chi connectivity index (χ2v) is 6.96. The molecule has 0 aliphatic heterocycles. The lowest BCUT2D eigenvalue weighted by Gasteiger charge is -2.28. The first-order valence-electron chi connectivity index (χ1n) is 7.97. The molecule has 0 saturated heterocycles. The summed E-state index contributed by atoms with van der Waals surface area (Å²) in [7, 11) is 0. The van der Waals surface area contributed by atoms with Crippen LogP contribution in [0.2, 0.25) is 0 Å². The molecular weight excluding hydrogens is 268 g/mol. The van der Waals surface area contributed by atoms with Gasteiger partial charge in [-0.15, -0.1) is 5.92 Å². The SMILES string of the molecule is CC(C)(C)OCCCCCCC#C[C@]1(O)CCCC1(O)O. The lowest BCUT2D eigenvalue weighted by Crippen LogP contribution is -2.48. The first kappa shape index (κ1) is 18.4. The van der Waals surface area contributed by atoms with E-state index in [1.807, 2.05) is 0 Å². The van der Waals surface area contributed by atoms with Crippen LogP contribution in [0.5, 0.6) is 0 Å². The van der Waals surface area contributed by atoms with Gasteiger partial charge in [-0.2, -0.15) is 0 Å². The molecule has 0 aromatic rings. The molecule has 1 aliphatic rings. The summed E-state index contributed by atoms with van der Waals surface area (Å²) in [5, 5.41) is 29.4. The number of aliphatic hydroxyl groups is 3. The maximum atomic E-state index is 10.1. The molecule has 4 heteroatoms. The van der Waals surface area contributed by atoms with Crippen LogP contribution < -0.4 is 0 Å². The van der Waals surface area contributed by atoms with Crippen LogP contribution in [0.25, 0.3) is 0 Å². The monoisotopic (exact) mass is 298 g/mol. The minimum Gasteiger partial charge on any atom is -0.376 e. The fraction of sp³-hybridized carbons (Fsp3) is 0.882. The molecule has 1 fully saturated rings. The van der Waals surface area contributed by atoms with Crippen molar-refractivity contribution in [3.05, 3.63) is 0 Å². The average Bonchev–Trinajstić information content (AvgIpc) is 2.60. The van der Waals surface area contributed by atoms with E-state index in [0.29, 0.717) is 19.3 Å². The van der Waals surface area contributed by atoms with Crippen molar-refractivity contribution in [2.24, 2.45) is 0 Å². The first-order chi connectivity index (χ1) is 9.66. The molecule has 1 rings (SSSR count). The van der Waals surface area contributed by atoms with E-state index < -0.39 is 11.4 Å². The van der Waals surface area contributed by atoms with Crippen LogP contribution in [0.15, 0.2) is 0 Å². The molecule has 122 valence electrons. The van der Waals surface area contributed by atoms with E-state index in [0.717, 1.165) is 32.3 Å². The van der Waals surface area contributed by atoms with Gasteiger partial charge in [-0.05, 0) is 46.5 Å². The van der Waals surface area contributed by atoms with E-state index >= 15 is 0 Å². The highest BCUT2D eigenvalue weighted by Crippen LogP contribution is 2.36. The summed E-state index contributed by atoms with van der Waals surface area (Å²) in [4.78, 5) is 0. The minimum absolute atomic E-state index is 0.0662. The summed E-state index contributed by atoms with van der Waals surface area (Å²) < 4.78 is 5.64. The zero-order chi connectivity index (χ0) is 16.0. The summed E-state index contributed by atoms with van der Waals surface area (Å²) in [5.41, 5.74) is -1.71. The smallest absolute Gasteiger partial charge is 0.204 e. The van der Waals surface area contributed by atoms with Crippen molar-refractivity contribution in [2.45, 2.75) is 89.1 Å². The molecule has 0 aromatic heterocycles. The molecule has 0 amide bonds. The number of rotatable bonds is 6. The van der Waals surface area contributed by atoms with Crippen molar-refractivity contribution >= 4 is 0 Å². The Hall–Kier alpha value is -0.600. The Labute approximate surface area is 128 Å². The van der Waals surface area contributed by atoms with Gasteiger partial charge in [0.15, 0.2) is 5.60 Å². The summed E-state index contributed by atoms with van der Waals surface area (Å²) >= 11 is 0. The van der Waals surface area contributed by atoms with Gasteiger partial charge in [-0.3, -0.25) is 0 Å². The van der Waals surface area contributed by atoms with Crippen molar-refractivity contribution in [3.8, 4) is 11.8 Å². The highest BCUT2D eigenvalue weighted by atomic mass is 16.5. The second kappa shape index (κ2) is 7.60. The quantitative estimate of drug-likeness (QED) is 0.400. The summed E-state index contributed by atoms with van der Waals surface area (Å²) in [6, 6.07) is 0. The minimum atomic E-state index is -2.05. The Balaban J connectivity index is 2.12. The highest BCUT2D eigenvalue weighted by Gasteiger charge is 2.51. The lowest BCUT2D eigenvalue weighted by atomic mass is 9.97. The van der Waals surface area contributed by atoms with Crippen LogP contribution in [0.4, 0.5) is 0 Å². The Morgan fingerprint density at radius 3 is 2.24 bits per heavy atom. The van der Waals surface area contributed by atoms with Gasteiger partial charge in [-0.25, -0.2) is 0 Å². The molecule has 21 heavy (non-hydrogen) atoms. The lowest BCUT2D eigenvalue weighted by molar-refractivity contribution is -0.235. The van der Waals surface area contributed by atoms with Crippen molar-refractivity contribution < 1.29 is 20.1 Å². The van der Waals surface area contributed by atoms with Crippen LogP contribution in [-0.2, 0) is 4.74 Å². The average molecular weight is 298 g/mol. The molecule has 4 nitrogen and oxygen atoms in total. The molecule has 0 aromatic carbocycles. The van der Waals surface area contributed by atoms with Crippen molar-refractivity contribution in [1.29, 1.82) is 0 Å². The normalized spacial score (nSPS) is 24.7. The molecule has 0 bridgehead atoms. The molecule has 0 spiro atoms. The predicted molar refractivity (Wildman–Crippen MR) is 82.5 cm³/mol. The van der Waals surface area contributed by atoms with Gasteiger partial charge in [0.25, 0.3) is 0 Å². The molecule has 0 heterocycles. The maximum absolute atomic E-state index is 10.1. The molecular formula is C17H30O4. The molecule has 0 unspecified atom stereocenters. The number of ether oxygens (including phenoxy) is 1. The Bertz CT molecular complexity index is 372. The topological polar surface area (TPSA) is 69.9 Å². The van der Waals surface area contributed by atoms with E-state index in [-0.39, 0.29) is 12.0 Å². The van der Waals surface area contributed by atoms with Crippen LogP contribution in [0.3, 0.4) is 0 Å². The van der Waals surface area contributed by atoms with E-state index in [1.54, 1.807) is 0 Å². The van der Waals surface area contributed by atoms with Gasteiger partial charge < -0.3 is 20.1 Å². The fourth-order valence-corrected chi connectivity index (χ4v) is 2.42. The third kappa shape index (κ3) is 6.36. The van der Waals surface area contributed by atoms with Gasteiger partial charge in [0.1, 0.15) is 0 Å². The van der Waals surface area contributed by atoms with Crippen LogP contribution in [0.1, 0.15) is 72.1 Å². The second-order valence-electron chi connectivity index (χ2n) is 6.96. The third-order valence-electron chi connectivity index (χ3n) is 3.75. The van der Waals surface area contributed by atoms with Crippen LogP contribution in [-0.4, -0.2) is 38.9 Å². The Morgan fingerprint density at radius 1 is 1.00 bits per heavy atom. The third-order valence-corrected chi connectivity index (χ3v) is 3.75. The largest absolute Gasteiger partial charge is 0.376 e. The van der Waals surface area contributed by atoms with Gasteiger partial charge in [0.2, 0.25) is 5.79 Å². The Morgan fingerprint density at radius 2 is 1.67 bits per heavy atom. The van der Waals surface area contributed by atoms with E-state index in [4.69, 9.17) is 4.74 Å². The Kier molecular flexibility index (Phi) is 6.68. The van der Waals surface area contributed by atoms with Gasteiger partial charge in [0.05, 0.1) is 5.60 Å². The molecule has 1 aliphatic carbocycles. The summed E-state index contributed by atoms with van der Waals surface area (Å²) in [6.45, 7) is 6.95. The maximum Gasteiger partial charge on any atom is 0.204 e. The molecule has 1 atom stereocenters. The fourth-order valence-electron chi connectivity index (χ4n) is 2.42. The van der Waals surface area contributed by atoms with Crippen molar-refractivity contribution in [2.75, 3.05) is 6.61 Å². The number of unbranched alkanes of at least 4 members (excludes halogenated alkanes) is 4. The van der Waals surface area contributed by atoms with Gasteiger partial charge >= 0.3 is 0 Å². The predicted octanol–water partition coefficient (Wildman–Crippen LogP) is 2.35. The first-order valence-corrected chi connectivity index (χ1v) is 7.97. The van der Waals surface area contributed by atoms with Gasteiger partial charge in [0, 0.05) is 19.4 Å². The van der Waals surface area contributed by atoms with Crippen LogP contribution in [0, 0.1) is 11.8 Å². The summed E-state index contributed by atoms with van der Waals surface area (Å²) in [5.74, 6) is 3.49.